The summed E-state index contributed by atoms with van der Waals surface area (Å²) in [5, 5.41) is 13.0. The van der Waals surface area contributed by atoms with Crippen LogP contribution >= 0.6 is 0 Å². The fourth-order valence-corrected chi connectivity index (χ4v) is 3.96. The van der Waals surface area contributed by atoms with Crippen LogP contribution in [0.25, 0.3) is 11.1 Å². The highest BCUT2D eigenvalue weighted by molar-refractivity contribution is 5.86. The van der Waals surface area contributed by atoms with Crippen LogP contribution in [-0.2, 0) is 14.3 Å². The van der Waals surface area contributed by atoms with Gasteiger partial charge in [0.2, 0.25) is 5.91 Å². The second kappa shape index (κ2) is 10.1. The molecule has 1 aliphatic carbocycles. The predicted molar refractivity (Wildman–Crippen MR) is 117 cm³/mol. The molecule has 182 valence electrons. The molecule has 2 aromatic carbocycles. The molecule has 2 aromatic rings. The van der Waals surface area contributed by atoms with Crippen molar-refractivity contribution in [2.45, 2.75) is 32.0 Å². The Morgan fingerprint density at radius 1 is 1.00 bits per heavy atom. The van der Waals surface area contributed by atoms with Gasteiger partial charge in [0.25, 0.3) is 0 Å². The average molecular weight is 478 g/mol. The number of carbonyl (C=O) groups is 3. The molecule has 0 radical (unpaired) electrons. The van der Waals surface area contributed by atoms with Crippen LogP contribution in [0.1, 0.15) is 30.9 Å². The zero-order valence-corrected chi connectivity index (χ0v) is 18.6. The van der Waals surface area contributed by atoms with E-state index in [4.69, 9.17) is 9.84 Å². The third-order valence-corrected chi connectivity index (χ3v) is 5.74. The number of benzene rings is 2. The normalized spacial score (nSPS) is 14.6. The smallest absolute Gasteiger partial charge is 0.407 e. The lowest BCUT2D eigenvalue weighted by Crippen LogP contribution is -2.52. The summed E-state index contributed by atoms with van der Waals surface area (Å²) in [6, 6.07) is 13.7. The lowest BCUT2D eigenvalue weighted by Gasteiger charge is -2.24. The van der Waals surface area contributed by atoms with E-state index < -0.39 is 48.6 Å². The van der Waals surface area contributed by atoms with Gasteiger partial charge >= 0.3 is 18.2 Å². The zero-order chi connectivity index (χ0) is 25.0. The molecule has 34 heavy (non-hydrogen) atoms. The lowest BCUT2D eigenvalue weighted by atomic mass is 9.98. The van der Waals surface area contributed by atoms with E-state index in [9.17, 15) is 27.6 Å². The van der Waals surface area contributed by atoms with E-state index in [0.717, 1.165) is 22.3 Å². The number of carbonyl (C=O) groups excluding carboxylic acids is 2. The lowest BCUT2D eigenvalue weighted by molar-refractivity contribution is -0.182. The van der Waals surface area contributed by atoms with Gasteiger partial charge in [-0.15, -0.1) is 0 Å². The Morgan fingerprint density at radius 3 is 2.00 bits per heavy atom. The summed E-state index contributed by atoms with van der Waals surface area (Å²) < 4.78 is 45.5. The van der Waals surface area contributed by atoms with Crippen molar-refractivity contribution in [3.05, 3.63) is 59.7 Å². The first kappa shape index (κ1) is 25.1. The molecule has 10 heteroatoms. The van der Waals surface area contributed by atoms with E-state index in [0.29, 0.717) is 0 Å². The number of nitrogens with one attached hydrogen (secondary N) is 2. The van der Waals surface area contributed by atoms with Gasteiger partial charge in [-0.1, -0.05) is 62.4 Å². The summed E-state index contributed by atoms with van der Waals surface area (Å²) >= 11 is 0. The number of hydrogen-bond acceptors (Lipinski definition) is 4. The topological polar surface area (TPSA) is 105 Å². The van der Waals surface area contributed by atoms with Crippen LogP contribution < -0.4 is 10.6 Å². The predicted octanol–water partition coefficient (Wildman–Crippen LogP) is 3.93. The van der Waals surface area contributed by atoms with Gasteiger partial charge in [-0.25, -0.2) is 9.59 Å². The number of ether oxygens (including phenoxy) is 1. The standard InChI is InChI=1S/C24H25F3N2O5/c1-13(2)20(22(31)32)29-21(30)19(24(25,26)27)11-28-23(33)34-12-18-16-9-5-3-7-14(16)15-8-4-6-10-17(15)18/h3-10,13,18-20H,11-12H2,1-2H3,(H,28,33)(H,29,30)(H,31,32)/t19?,20-/m0/s1. The van der Waals surface area contributed by atoms with Gasteiger partial charge in [-0.05, 0) is 28.2 Å². The number of alkyl halides is 3. The summed E-state index contributed by atoms with van der Waals surface area (Å²) in [6.07, 6.45) is -6.11. The van der Waals surface area contributed by atoms with Gasteiger partial charge in [0, 0.05) is 12.5 Å². The number of amides is 2. The molecule has 1 unspecified atom stereocenters. The maximum absolute atomic E-state index is 13.4. The van der Waals surface area contributed by atoms with E-state index in [-0.39, 0.29) is 12.5 Å². The maximum atomic E-state index is 13.4. The van der Waals surface area contributed by atoms with E-state index in [1.54, 1.807) is 0 Å². The molecule has 0 aromatic heterocycles. The fraction of sp³-hybridized carbons (Fsp3) is 0.375. The number of fused-ring (bicyclic) bond motifs is 3. The highest BCUT2D eigenvalue weighted by Gasteiger charge is 2.46. The van der Waals surface area contributed by atoms with Gasteiger partial charge in [0.05, 0.1) is 0 Å². The summed E-state index contributed by atoms with van der Waals surface area (Å²) in [5.74, 6) is -6.53. The number of halogens is 3. The van der Waals surface area contributed by atoms with Crippen molar-refractivity contribution in [3.63, 3.8) is 0 Å². The minimum absolute atomic E-state index is 0.100. The van der Waals surface area contributed by atoms with Gasteiger partial charge in [0.1, 0.15) is 12.6 Å². The van der Waals surface area contributed by atoms with Crippen LogP contribution in [0.4, 0.5) is 18.0 Å². The Bertz CT molecular complexity index is 1030. The Hall–Kier alpha value is -3.56. The number of aliphatic carboxylic acids is 1. The molecule has 0 bridgehead atoms. The molecular formula is C24H25F3N2O5. The van der Waals surface area contributed by atoms with E-state index >= 15 is 0 Å². The minimum atomic E-state index is -5.00. The highest BCUT2D eigenvalue weighted by atomic mass is 19.4. The fourth-order valence-electron chi connectivity index (χ4n) is 3.96. The molecule has 2 amide bonds. The summed E-state index contributed by atoms with van der Waals surface area (Å²) in [6.45, 7) is 1.72. The van der Waals surface area contributed by atoms with Crippen molar-refractivity contribution in [1.29, 1.82) is 0 Å². The van der Waals surface area contributed by atoms with Crippen molar-refractivity contribution >= 4 is 18.0 Å². The number of hydrogen-bond donors (Lipinski definition) is 3. The van der Waals surface area contributed by atoms with Crippen molar-refractivity contribution in [1.82, 2.24) is 10.6 Å². The van der Waals surface area contributed by atoms with Crippen LogP contribution in [0.2, 0.25) is 0 Å². The first-order chi connectivity index (χ1) is 16.0. The van der Waals surface area contributed by atoms with Gasteiger partial charge in [0.15, 0.2) is 5.92 Å². The summed E-state index contributed by atoms with van der Waals surface area (Å²) in [4.78, 5) is 35.6. The molecule has 1 aliphatic rings. The number of rotatable bonds is 8. The maximum Gasteiger partial charge on any atom is 0.407 e. The zero-order valence-electron chi connectivity index (χ0n) is 18.6. The first-order valence-corrected chi connectivity index (χ1v) is 10.7. The van der Waals surface area contributed by atoms with Gasteiger partial charge < -0.3 is 20.5 Å². The molecule has 0 fully saturated rings. The Kier molecular flexibility index (Phi) is 7.48. The molecule has 0 saturated heterocycles. The van der Waals surface area contributed by atoms with Gasteiger partial charge in [-0.2, -0.15) is 13.2 Å². The molecule has 0 saturated carbocycles. The molecule has 2 atom stereocenters. The molecule has 0 heterocycles. The van der Waals surface area contributed by atoms with E-state index in [2.05, 4.69) is 0 Å². The monoisotopic (exact) mass is 478 g/mol. The molecule has 0 spiro atoms. The minimum Gasteiger partial charge on any atom is -0.480 e. The van der Waals surface area contributed by atoms with Crippen molar-refractivity contribution < 1.29 is 37.4 Å². The number of carboxylic acid groups (broad SMARTS) is 1. The van der Waals surface area contributed by atoms with Gasteiger partial charge in [-0.3, -0.25) is 4.79 Å². The van der Waals surface area contributed by atoms with Crippen LogP contribution in [0, 0.1) is 11.8 Å². The van der Waals surface area contributed by atoms with E-state index in [1.807, 2.05) is 59.2 Å². The van der Waals surface area contributed by atoms with Crippen molar-refractivity contribution in [3.8, 4) is 11.1 Å². The van der Waals surface area contributed by atoms with Crippen LogP contribution in [0.3, 0.4) is 0 Å². The van der Waals surface area contributed by atoms with Crippen molar-refractivity contribution in [2.24, 2.45) is 11.8 Å². The molecule has 3 rings (SSSR count). The molecular weight excluding hydrogens is 453 g/mol. The van der Waals surface area contributed by atoms with Crippen LogP contribution in [0.15, 0.2) is 48.5 Å². The number of carboxylic acids is 1. The first-order valence-electron chi connectivity index (χ1n) is 10.7. The number of alkyl carbamates (subject to hydrolysis) is 1. The molecule has 7 nitrogen and oxygen atoms in total. The second-order valence-corrected chi connectivity index (χ2v) is 8.37. The van der Waals surface area contributed by atoms with Crippen LogP contribution in [-0.4, -0.2) is 48.4 Å². The molecule has 0 aliphatic heterocycles. The quantitative estimate of drug-likeness (QED) is 0.533. The van der Waals surface area contributed by atoms with Crippen LogP contribution in [0.5, 0.6) is 0 Å². The largest absolute Gasteiger partial charge is 0.480 e. The Morgan fingerprint density at radius 2 is 1.53 bits per heavy atom. The SMILES string of the molecule is CC(C)[C@H](NC(=O)C(CNC(=O)OCC1c2ccccc2-c2ccccc21)C(F)(F)F)C(=O)O. The average Bonchev–Trinajstić information content (AvgIpc) is 3.08. The Balaban J connectivity index is 1.63. The Labute approximate surface area is 194 Å². The molecule has 3 N–H and O–H groups in total. The third-order valence-electron chi connectivity index (χ3n) is 5.74. The summed E-state index contributed by atoms with van der Waals surface area (Å²) in [7, 11) is 0. The van der Waals surface area contributed by atoms with E-state index in [1.165, 1.54) is 13.8 Å². The summed E-state index contributed by atoms with van der Waals surface area (Å²) in [5.41, 5.74) is 3.88. The second-order valence-electron chi connectivity index (χ2n) is 8.37. The van der Waals surface area contributed by atoms with Crippen molar-refractivity contribution in [2.75, 3.05) is 13.2 Å². The highest BCUT2D eigenvalue weighted by Crippen LogP contribution is 2.44. The third kappa shape index (κ3) is 5.49.